The first-order chi connectivity index (χ1) is 12.3. The number of fused-ring (bicyclic) bond motifs is 2. The van der Waals surface area contributed by atoms with E-state index in [-0.39, 0.29) is 0 Å². The Labute approximate surface area is 156 Å². The molecule has 0 amide bonds. The van der Waals surface area contributed by atoms with Crippen LogP contribution in [0.1, 0.15) is 37.8 Å². The molecule has 1 fully saturated rings. The molecule has 130 valence electrons. The zero-order valence-electron chi connectivity index (χ0n) is 14.0. The van der Waals surface area contributed by atoms with Gasteiger partial charge in [0.2, 0.25) is 0 Å². The van der Waals surface area contributed by atoms with E-state index in [2.05, 4.69) is 25.8 Å². The summed E-state index contributed by atoms with van der Waals surface area (Å²) in [5.41, 5.74) is 4.79. The summed E-state index contributed by atoms with van der Waals surface area (Å²) in [7, 11) is 0. The summed E-state index contributed by atoms with van der Waals surface area (Å²) in [4.78, 5) is 9.47. The molecule has 5 rings (SSSR count). The van der Waals surface area contributed by atoms with Gasteiger partial charge in [-0.15, -0.1) is 23.4 Å². The highest BCUT2D eigenvalue weighted by atomic mass is 35.5. The smallest absolute Gasteiger partial charge is 0.138 e. The van der Waals surface area contributed by atoms with Crippen LogP contribution in [0, 0.1) is 0 Å². The Bertz CT molecular complexity index is 907. The van der Waals surface area contributed by atoms with Gasteiger partial charge in [-0.05, 0) is 50.7 Å². The van der Waals surface area contributed by atoms with E-state index in [1.165, 1.54) is 46.5 Å². The van der Waals surface area contributed by atoms with Crippen molar-refractivity contribution in [1.82, 2.24) is 19.7 Å². The zero-order chi connectivity index (χ0) is 16.8. The van der Waals surface area contributed by atoms with E-state index in [0.29, 0.717) is 10.6 Å². The maximum atomic E-state index is 6.30. The van der Waals surface area contributed by atoms with Crippen LogP contribution in [0.2, 0.25) is 0 Å². The average molecular weight is 373 g/mol. The zero-order valence-corrected chi connectivity index (χ0v) is 15.6. The fourth-order valence-electron chi connectivity index (χ4n) is 4.09. The van der Waals surface area contributed by atoms with Crippen molar-refractivity contribution >= 4 is 34.4 Å². The van der Waals surface area contributed by atoms with Crippen LogP contribution in [0.5, 0.6) is 0 Å². The minimum atomic E-state index is 0.361. The van der Waals surface area contributed by atoms with Crippen molar-refractivity contribution in [3.8, 4) is 11.3 Å². The molecular formula is C19H21ClN4S. The molecule has 1 aliphatic heterocycles. The van der Waals surface area contributed by atoms with Crippen molar-refractivity contribution in [1.29, 1.82) is 0 Å². The van der Waals surface area contributed by atoms with E-state index >= 15 is 0 Å². The third kappa shape index (κ3) is 2.77. The van der Waals surface area contributed by atoms with Crippen LogP contribution in [-0.4, -0.2) is 30.4 Å². The molecule has 6 heteroatoms. The first-order valence-corrected chi connectivity index (χ1v) is 10.4. The summed E-state index contributed by atoms with van der Waals surface area (Å²) < 4.78 is 2.15. The Kier molecular flexibility index (Phi) is 4.01. The summed E-state index contributed by atoms with van der Waals surface area (Å²) in [6.07, 6.45) is 10.8. The van der Waals surface area contributed by atoms with Gasteiger partial charge in [0.15, 0.2) is 0 Å². The van der Waals surface area contributed by atoms with Crippen LogP contribution in [0.25, 0.3) is 22.3 Å². The number of nitrogens with one attached hydrogen (secondary N) is 1. The Hall–Kier alpha value is -1.46. The molecule has 4 nitrogen and oxygen atoms in total. The lowest BCUT2D eigenvalue weighted by molar-refractivity contribution is 0.523. The third-order valence-corrected chi connectivity index (χ3v) is 7.31. The molecule has 1 saturated carbocycles. The lowest BCUT2D eigenvalue weighted by Crippen LogP contribution is -2.15. The molecule has 3 aromatic rings. The summed E-state index contributed by atoms with van der Waals surface area (Å²) in [6, 6.07) is 4.21. The molecule has 4 heterocycles. The highest BCUT2D eigenvalue weighted by Gasteiger charge is 2.26. The number of H-pyrrole nitrogens is 1. The molecule has 0 radical (unpaired) electrons. The molecule has 2 aliphatic rings. The van der Waals surface area contributed by atoms with Gasteiger partial charge in [0.25, 0.3) is 0 Å². The third-order valence-electron chi connectivity index (χ3n) is 5.41. The fourth-order valence-corrected chi connectivity index (χ4v) is 5.75. The number of halogens is 1. The van der Waals surface area contributed by atoms with E-state index in [1.54, 1.807) is 0 Å². The number of nitrogens with zero attached hydrogens (tertiary/aromatic N) is 3. The minimum absolute atomic E-state index is 0.361. The average Bonchev–Trinajstić information content (AvgIpc) is 3.31. The number of pyridine rings is 1. The van der Waals surface area contributed by atoms with Crippen molar-refractivity contribution in [2.75, 3.05) is 0 Å². The van der Waals surface area contributed by atoms with Gasteiger partial charge in [0.05, 0.1) is 11.9 Å². The number of alkyl halides is 1. The van der Waals surface area contributed by atoms with E-state index in [0.717, 1.165) is 31.5 Å². The van der Waals surface area contributed by atoms with Crippen LogP contribution in [0.4, 0.5) is 0 Å². The van der Waals surface area contributed by atoms with E-state index in [4.69, 9.17) is 11.6 Å². The maximum absolute atomic E-state index is 6.30. The molecule has 0 saturated heterocycles. The molecule has 0 aromatic carbocycles. The van der Waals surface area contributed by atoms with Crippen molar-refractivity contribution < 1.29 is 0 Å². The van der Waals surface area contributed by atoms with Crippen LogP contribution in [0.15, 0.2) is 29.4 Å². The van der Waals surface area contributed by atoms with Crippen LogP contribution >= 0.6 is 23.4 Å². The molecule has 1 N–H and O–H groups in total. The Morgan fingerprint density at radius 3 is 3.00 bits per heavy atom. The van der Waals surface area contributed by atoms with Crippen molar-refractivity contribution in [3.05, 3.63) is 30.2 Å². The van der Waals surface area contributed by atoms with Gasteiger partial charge >= 0.3 is 0 Å². The van der Waals surface area contributed by atoms with Crippen molar-refractivity contribution in [3.63, 3.8) is 0 Å². The van der Waals surface area contributed by atoms with Crippen molar-refractivity contribution in [2.45, 2.75) is 60.6 Å². The second kappa shape index (κ2) is 6.36. The molecule has 1 aliphatic carbocycles. The van der Waals surface area contributed by atoms with Gasteiger partial charge in [-0.25, -0.2) is 4.98 Å². The number of rotatable bonds is 3. The van der Waals surface area contributed by atoms with E-state index in [9.17, 15) is 0 Å². The van der Waals surface area contributed by atoms with Gasteiger partial charge in [-0.1, -0.05) is 0 Å². The Morgan fingerprint density at radius 1 is 1.24 bits per heavy atom. The summed E-state index contributed by atoms with van der Waals surface area (Å²) in [5.74, 6) is 0. The number of aromatic amines is 1. The van der Waals surface area contributed by atoms with Crippen LogP contribution < -0.4 is 0 Å². The number of aromatic nitrogens is 4. The summed E-state index contributed by atoms with van der Waals surface area (Å²) in [6.45, 7) is 1.04. The summed E-state index contributed by atoms with van der Waals surface area (Å²) in [5, 5.41) is 6.82. The number of hydrogen-bond acceptors (Lipinski definition) is 3. The molecule has 0 unspecified atom stereocenters. The van der Waals surface area contributed by atoms with Gasteiger partial charge in [-0.2, -0.15) is 5.10 Å². The monoisotopic (exact) mass is 372 g/mol. The minimum Gasteiger partial charge on any atom is -0.338 e. The maximum Gasteiger partial charge on any atom is 0.138 e. The number of hydrogen-bond donors (Lipinski definition) is 1. The molecule has 0 spiro atoms. The quantitative estimate of drug-likeness (QED) is 0.657. The standard InChI is InChI=1S/C19H21ClN4S/c20-12-5-7-13(8-6-12)25-18-14-3-1-9-21-19(14)23-17(18)15-11-22-24-10-2-4-16(15)24/h1,3,9,11-13H,2,4-8,10H2,(H,21,23). The lowest BCUT2D eigenvalue weighted by atomic mass is 10.00. The molecule has 3 aromatic heterocycles. The molecule has 0 bridgehead atoms. The first-order valence-electron chi connectivity index (χ1n) is 9.12. The largest absolute Gasteiger partial charge is 0.338 e. The van der Waals surface area contributed by atoms with Gasteiger partial charge < -0.3 is 4.98 Å². The number of aryl methyl sites for hydroxylation is 1. The normalized spacial score (nSPS) is 23.2. The van der Waals surface area contributed by atoms with Crippen LogP contribution in [-0.2, 0) is 13.0 Å². The first kappa shape index (κ1) is 15.8. The van der Waals surface area contributed by atoms with E-state index < -0.39 is 0 Å². The predicted molar refractivity (Wildman–Crippen MR) is 103 cm³/mol. The Morgan fingerprint density at radius 2 is 2.12 bits per heavy atom. The number of thioether (sulfide) groups is 1. The van der Waals surface area contributed by atoms with E-state index in [1.807, 2.05) is 30.2 Å². The van der Waals surface area contributed by atoms with Gasteiger partial charge in [0, 0.05) is 44.9 Å². The second-order valence-corrected chi connectivity index (χ2v) is 8.98. The molecule has 0 atom stereocenters. The van der Waals surface area contributed by atoms with Crippen molar-refractivity contribution in [2.24, 2.45) is 0 Å². The topological polar surface area (TPSA) is 46.5 Å². The Balaban J connectivity index is 1.58. The SMILES string of the molecule is ClC1CCC(Sc2c(-c3cnn4c3CCC4)[nH]c3ncccc23)CC1. The highest BCUT2D eigenvalue weighted by Crippen LogP contribution is 2.44. The molecule has 25 heavy (non-hydrogen) atoms. The lowest BCUT2D eigenvalue weighted by Gasteiger charge is -2.24. The van der Waals surface area contributed by atoms with Crippen LogP contribution in [0.3, 0.4) is 0 Å². The second-order valence-electron chi connectivity index (χ2n) is 7.05. The van der Waals surface area contributed by atoms with Gasteiger partial charge in [-0.3, -0.25) is 4.68 Å². The predicted octanol–water partition coefficient (Wildman–Crippen LogP) is 5.01. The highest BCUT2D eigenvalue weighted by molar-refractivity contribution is 8.00. The molecular weight excluding hydrogens is 352 g/mol. The summed E-state index contributed by atoms with van der Waals surface area (Å²) >= 11 is 8.30. The van der Waals surface area contributed by atoms with Gasteiger partial charge in [0.1, 0.15) is 5.65 Å². The fraction of sp³-hybridized carbons (Fsp3) is 0.474.